The molecule has 0 saturated heterocycles. The molecule has 0 radical (unpaired) electrons. The molecule has 72 valence electrons. The lowest BCUT2D eigenvalue weighted by Crippen LogP contribution is -2.10. The first-order chi connectivity index (χ1) is 6.70. The molecule has 2 rings (SSSR count). The van der Waals surface area contributed by atoms with E-state index in [4.69, 9.17) is 5.73 Å². The van der Waals surface area contributed by atoms with Crippen LogP contribution in [0.2, 0.25) is 0 Å². The predicted molar refractivity (Wildman–Crippen MR) is 43.3 cm³/mol. The number of primary amides is 1. The Labute approximate surface area is 77.1 Å². The Morgan fingerprint density at radius 2 is 2.29 bits per heavy atom. The maximum absolute atomic E-state index is 10.2. The highest BCUT2D eigenvalue weighted by molar-refractivity contribution is 6.27. The molecule has 0 atom stereocenters. The molecule has 0 fully saturated rings. The fourth-order valence-corrected chi connectivity index (χ4v) is 0.493. The van der Waals surface area contributed by atoms with Gasteiger partial charge in [0, 0.05) is 0 Å². The van der Waals surface area contributed by atoms with Crippen molar-refractivity contribution in [1.29, 1.82) is 0 Å². The summed E-state index contributed by atoms with van der Waals surface area (Å²) in [4.78, 5) is 20.0. The summed E-state index contributed by atoms with van der Waals surface area (Å²) in [6.45, 7) is 0. The number of carbonyl (C=O) groups excluding carboxylic acids is 2. The highest BCUT2D eigenvalue weighted by Crippen LogP contribution is 1.84. The third-order valence-corrected chi connectivity index (χ3v) is 1.03. The number of nitrogens with zero attached hydrogens (tertiary/aromatic N) is 5. The van der Waals surface area contributed by atoms with Crippen LogP contribution in [0.5, 0.6) is 0 Å². The average molecular weight is 195 g/mol. The van der Waals surface area contributed by atoms with E-state index in [-0.39, 0.29) is 11.6 Å². The Kier molecular flexibility index (Phi) is 3.13. The van der Waals surface area contributed by atoms with Crippen molar-refractivity contribution in [2.24, 2.45) is 21.2 Å². The van der Waals surface area contributed by atoms with Gasteiger partial charge in [0.1, 0.15) is 6.21 Å². The number of amides is 2. The zero-order valence-corrected chi connectivity index (χ0v) is 6.78. The number of nitrogens with one attached hydrogen (secondary N) is 1. The zero-order chi connectivity index (χ0) is 10.4. The van der Waals surface area contributed by atoms with Gasteiger partial charge < -0.3 is 5.73 Å². The second-order valence-electron chi connectivity index (χ2n) is 2.00. The SMILES string of the molecule is NC(=O)c1c[nH]nn1.O=C1C=NN=N1. The van der Waals surface area contributed by atoms with Crippen LogP contribution in [0.3, 0.4) is 0 Å². The van der Waals surface area contributed by atoms with E-state index in [1.807, 2.05) is 0 Å². The summed E-state index contributed by atoms with van der Waals surface area (Å²) in [6, 6.07) is 0. The van der Waals surface area contributed by atoms with Crippen molar-refractivity contribution in [3.8, 4) is 0 Å². The summed E-state index contributed by atoms with van der Waals surface area (Å²) >= 11 is 0. The van der Waals surface area contributed by atoms with Crippen molar-refractivity contribution in [3.05, 3.63) is 11.9 Å². The minimum atomic E-state index is -0.571. The third-order valence-electron chi connectivity index (χ3n) is 1.03. The highest BCUT2D eigenvalue weighted by Gasteiger charge is 1.99. The lowest BCUT2D eigenvalue weighted by Gasteiger charge is -1.76. The molecule has 0 bridgehead atoms. The van der Waals surface area contributed by atoms with Crippen LogP contribution in [0.1, 0.15) is 10.5 Å². The maximum Gasteiger partial charge on any atom is 0.310 e. The lowest BCUT2D eigenvalue weighted by atomic mass is 10.5. The Morgan fingerprint density at radius 1 is 1.50 bits per heavy atom. The predicted octanol–water partition coefficient (Wildman–Crippen LogP) is -1.13. The van der Waals surface area contributed by atoms with Gasteiger partial charge in [0.2, 0.25) is 0 Å². The first kappa shape index (κ1) is 9.64. The van der Waals surface area contributed by atoms with E-state index in [2.05, 4.69) is 30.8 Å². The lowest BCUT2D eigenvalue weighted by molar-refractivity contribution is -0.111. The first-order valence-electron chi connectivity index (χ1n) is 3.34. The van der Waals surface area contributed by atoms with Gasteiger partial charge in [-0.15, -0.1) is 10.2 Å². The summed E-state index contributed by atoms with van der Waals surface area (Å²) in [5.41, 5.74) is 4.95. The molecule has 0 saturated carbocycles. The molecular weight excluding hydrogens is 190 g/mol. The minimum Gasteiger partial charge on any atom is -0.364 e. The fraction of sp³-hybridized carbons (Fsp3) is 0. The molecule has 1 aromatic heterocycles. The highest BCUT2D eigenvalue weighted by atomic mass is 16.2. The van der Waals surface area contributed by atoms with E-state index < -0.39 is 5.91 Å². The van der Waals surface area contributed by atoms with Gasteiger partial charge in [0.15, 0.2) is 5.69 Å². The molecule has 2 amide bonds. The maximum atomic E-state index is 10.2. The van der Waals surface area contributed by atoms with Crippen molar-refractivity contribution < 1.29 is 9.59 Å². The van der Waals surface area contributed by atoms with Gasteiger partial charge in [-0.3, -0.25) is 14.7 Å². The molecule has 1 aromatic rings. The Bertz CT molecular complexity index is 365. The van der Waals surface area contributed by atoms with Crippen LogP contribution in [-0.2, 0) is 4.79 Å². The smallest absolute Gasteiger partial charge is 0.310 e. The molecule has 0 spiro atoms. The molecule has 0 aliphatic carbocycles. The molecule has 2 heterocycles. The van der Waals surface area contributed by atoms with Crippen LogP contribution >= 0.6 is 0 Å². The standard InChI is InChI=1S/C3H4N4O.C2HN3O/c4-3(8)2-1-5-7-6-2;6-2-1-3-5-4-2/h1H,(H2,4,8)(H,5,6,7);1H. The molecule has 9 nitrogen and oxygen atoms in total. The normalized spacial score (nSPS) is 12.4. The van der Waals surface area contributed by atoms with Crippen molar-refractivity contribution in [1.82, 2.24) is 15.4 Å². The minimum absolute atomic E-state index is 0.157. The number of rotatable bonds is 1. The number of nitrogens with two attached hydrogens (primary N) is 1. The zero-order valence-electron chi connectivity index (χ0n) is 6.78. The second kappa shape index (κ2) is 4.54. The molecule has 3 N–H and O–H groups in total. The van der Waals surface area contributed by atoms with Gasteiger partial charge in [0.05, 0.1) is 6.20 Å². The molecule has 9 heteroatoms. The van der Waals surface area contributed by atoms with Gasteiger partial charge in [-0.1, -0.05) is 10.3 Å². The van der Waals surface area contributed by atoms with Crippen molar-refractivity contribution in [2.45, 2.75) is 0 Å². The number of H-pyrrole nitrogens is 1. The van der Waals surface area contributed by atoms with Crippen LogP contribution in [0.25, 0.3) is 0 Å². The second-order valence-corrected chi connectivity index (χ2v) is 2.00. The molecule has 1 aliphatic heterocycles. The van der Waals surface area contributed by atoms with E-state index >= 15 is 0 Å². The number of aromatic nitrogens is 3. The van der Waals surface area contributed by atoms with Crippen LogP contribution in [0.4, 0.5) is 0 Å². The number of hydrogen-bond donors (Lipinski definition) is 2. The van der Waals surface area contributed by atoms with E-state index in [1.54, 1.807) is 0 Å². The van der Waals surface area contributed by atoms with Crippen LogP contribution in [0, 0.1) is 0 Å². The quantitative estimate of drug-likeness (QED) is 0.584. The van der Waals surface area contributed by atoms with Gasteiger partial charge in [-0.05, 0) is 5.22 Å². The Balaban J connectivity index is 0.000000146. The summed E-state index contributed by atoms with van der Waals surface area (Å²) in [5.74, 6) is -0.950. The molecular formula is C5H5N7O2. The summed E-state index contributed by atoms with van der Waals surface area (Å²) in [5, 5.41) is 18.1. The number of hydrogen-bond acceptors (Lipinski definition) is 6. The van der Waals surface area contributed by atoms with E-state index in [0.717, 1.165) is 6.21 Å². The average Bonchev–Trinajstić information content (AvgIpc) is 2.75. The first-order valence-corrected chi connectivity index (χ1v) is 3.34. The molecule has 1 aliphatic rings. The Hall–Kier alpha value is -2.45. The summed E-state index contributed by atoms with van der Waals surface area (Å²) in [7, 11) is 0. The van der Waals surface area contributed by atoms with E-state index in [0.29, 0.717) is 0 Å². The monoisotopic (exact) mass is 195 g/mol. The summed E-state index contributed by atoms with van der Waals surface area (Å²) in [6.07, 6.45) is 2.39. The van der Waals surface area contributed by atoms with Gasteiger partial charge in [-0.2, -0.15) is 0 Å². The summed E-state index contributed by atoms with van der Waals surface area (Å²) < 4.78 is 0. The number of aromatic amines is 1. The van der Waals surface area contributed by atoms with Crippen LogP contribution < -0.4 is 5.73 Å². The van der Waals surface area contributed by atoms with Crippen LogP contribution in [-0.4, -0.2) is 33.4 Å². The third kappa shape index (κ3) is 2.89. The molecule has 0 aromatic carbocycles. The van der Waals surface area contributed by atoms with Crippen molar-refractivity contribution in [2.75, 3.05) is 0 Å². The molecule has 14 heavy (non-hydrogen) atoms. The Morgan fingerprint density at radius 3 is 2.50 bits per heavy atom. The largest absolute Gasteiger partial charge is 0.364 e. The van der Waals surface area contributed by atoms with Crippen LogP contribution in [0.15, 0.2) is 21.6 Å². The fourth-order valence-electron chi connectivity index (χ4n) is 0.493. The van der Waals surface area contributed by atoms with Gasteiger partial charge in [-0.25, -0.2) is 0 Å². The van der Waals surface area contributed by atoms with Gasteiger partial charge in [0.25, 0.3) is 5.91 Å². The van der Waals surface area contributed by atoms with E-state index in [9.17, 15) is 9.59 Å². The van der Waals surface area contributed by atoms with Crippen molar-refractivity contribution >= 4 is 18.0 Å². The number of carbonyl (C=O) groups is 2. The molecule has 0 unspecified atom stereocenters. The topological polar surface area (TPSA) is 139 Å². The van der Waals surface area contributed by atoms with Crippen molar-refractivity contribution in [3.63, 3.8) is 0 Å². The van der Waals surface area contributed by atoms with E-state index in [1.165, 1.54) is 6.20 Å². The van der Waals surface area contributed by atoms with Gasteiger partial charge >= 0.3 is 5.91 Å².